The van der Waals surface area contributed by atoms with E-state index in [-0.39, 0.29) is 0 Å². The van der Waals surface area contributed by atoms with Crippen LogP contribution in [0.25, 0.3) is 11.4 Å². The molecule has 0 aliphatic rings. The maximum atomic E-state index is 4.04. The van der Waals surface area contributed by atoms with Crippen LogP contribution in [0, 0.1) is 0 Å². The molecule has 0 unspecified atom stereocenters. The number of hydrogen-bond donors (Lipinski definition) is 1. The predicted molar refractivity (Wildman–Crippen MR) is 46.8 cm³/mol. The molecule has 0 bridgehead atoms. The highest BCUT2D eigenvalue weighted by molar-refractivity contribution is 5.57. The molecule has 0 amide bonds. The number of H-pyrrole nitrogens is 1. The molecule has 5 heteroatoms. The molecule has 1 N–H and O–H groups in total. The first-order valence-corrected chi connectivity index (χ1v) is 4.08. The number of hydrogen-bond acceptors (Lipinski definition) is 4. The Hall–Kier alpha value is -1.78. The van der Waals surface area contributed by atoms with E-state index in [0.29, 0.717) is 5.82 Å². The fourth-order valence-corrected chi connectivity index (χ4v) is 1.20. The van der Waals surface area contributed by atoms with Crippen LogP contribution in [0.15, 0.2) is 18.5 Å². The van der Waals surface area contributed by atoms with E-state index in [1.807, 2.05) is 12.3 Å². The van der Waals surface area contributed by atoms with Crippen LogP contribution < -0.4 is 0 Å². The molecule has 0 saturated heterocycles. The average Bonchev–Trinajstić information content (AvgIpc) is 2.70. The fraction of sp³-hybridized carbons (Fsp3) is 0.250. The Kier molecular flexibility index (Phi) is 1.99. The van der Waals surface area contributed by atoms with Gasteiger partial charge in [0.25, 0.3) is 0 Å². The molecule has 0 spiro atoms. The Morgan fingerprint density at radius 2 is 2.38 bits per heavy atom. The molecule has 0 aliphatic heterocycles. The normalized spacial score (nSPS) is 10.2. The van der Waals surface area contributed by atoms with Crippen molar-refractivity contribution in [2.75, 3.05) is 0 Å². The highest BCUT2D eigenvalue weighted by Crippen LogP contribution is 2.17. The number of nitrogens with one attached hydrogen (secondary N) is 1. The molecule has 2 aromatic rings. The Balaban J connectivity index is 2.51. The van der Waals surface area contributed by atoms with Gasteiger partial charge in [0.15, 0.2) is 0 Å². The maximum Gasteiger partial charge on any atom is 0.205 e. The monoisotopic (exact) mass is 175 g/mol. The van der Waals surface area contributed by atoms with E-state index in [1.54, 1.807) is 6.20 Å². The summed E-state index contributed by atoms with van der Waals surface area (Å²) in [6, 6.07) is 1.89. The van der Waals surface area contributed by atoms with Crippen LogP contribution in [0.2, 0.25) is 0 Å². The Labute approximate surface area is 75.2 Å². The van der Waals surface area contributed by atoms with Gasteiger partial charge in [-0.1, -0.05) is 6.92 Å². The van der Waals surface area contributed by atoms with E-state index in [4.69, 9.17) is 0 Å². The first-order valence-electron chi connectivity index (χ1n) is 4.08. The van der Waals surface area contributed by atoms with Crippen molar-refractivity contribution in [3.05, 3.63) is 24.0 Å². The van der Waals surface area contributed by atoms with Gasteiger partial charge < -0.3 is 0 Å². The van der Waals surface area contributed by atoms with E-state index in [1.165, 1.54) is 0 Å². The molecule has 0 aromatic carbocycles. The van der Waals surface area contributed by atoms with Crippen LogP contribution in [0.5, 0.6) is 0 Å². The van der Waals surface area contributed by atoms with Crippen molar-refractivity contribution >= 4 is 0 Å². The summed E-state index contributed by atoms with van der Waals surface area (Å²) in [5.41, 5.74) is 2.12. The summed E-state index contributed by atoms with van der Waals surface area (Å²) in [5, 5.41) is 13.8. The van der Waals surface area contributed by atoms with Gasteiger partial charge in [-0.25, -0.2) is 0 Å². The fourth-order valence-electron chi connectivity index (χ4n) is 1.20. The third-order valence-electron chi connectivity index (χ3n) is 1.87. The van der Waals surface area contributed by atoms with Crippen molar-refractivity contribution in [1.29, 1.82) is 0 Å². The van der Waals surface area contributed by atoms with Crippen LogP contribution in [-0.4, -0.2) is 25.6 Å². The third-order valence-corrected chi connectivity index (χ3v) is 1.87. The van der Waals surface area contributed by atoms with E-state index in [0.717, 1.165) is 17.5 Å². The van der Waals surface area contributed by atoms with Gasteiger partial charge in [-0.15, -0.1) is 10.2 Å². The number of tetrazole rings is 1. The van der Waals surface area contributed by atoms with Crippen molar-refractivity contribution in [3.63, 3.8) is 0 Å². The summed E-state index contributed by atoms with van der Waals surface area (Å²) >= 11 is 0. The van der Waals surface area contributed by atoms with Gasteiger partial charge in [-0.05, 0) is 23.3 Å². The second-order valence-corrected chi connectivity index (χ2v) is 2.62. The number of aromatic nitrogens is 5. The topological polar surface area (TPSA) is 67.3 Å². The average molecular weight is 175 g/mol. The van der Waals surface area contributed by atoms with E-state index in [9.17, 15) is 0 Å². The summed E-state index contributed by atoms with van der Waals surface area (Å²) in [5.74, 6) is 0.624. The number of nitrogens with zero attached hydrogens (tertiary/aromatic N) is 4. The second kappa shape index (κ2) is 3.30. The molecule has 2 rings (SSSR count). The van der Waals surface area contributed by atoms with Crippen molar-refractivity contribution in [2.45, 2.75) is 13.3 Å². The highest BCUT2D eigenvalue weighted by atomic mass is 15.5. The molecule has 5 nitrogen and oxygen atoms in total. The minimum atomic E-state index is 0.624. The lowest BCUT2D eigenvalue weighted by atomic mass is 10.1. The molecular formula is C8H9N5. The zero-order chi connectivity index (χ0) is 9.10. The second-order valence-electron chi connectivity index (χ2n) is 2.62. The lowest BCUT2D eigenvalue weighted by molar-refractivity contribution is 0.881. The molecule has 0 aliphatic carbocycles. The Morgan fingerprint density at radius 3 is 3.08 bits per heavy atom. The number of rotatable bonds is 2. The van der Waals surface area contributed by atoms with Gasteiger partial charge in [-0.2, -0.15) is 5.21 Å². The van der Waals surface area contributed by atoms with Crippen molar-refractivity contribution in [2.24, 2.45) is 0 Å². The summed E-state index contributed by atoms with van der Waals surface area (Å²) < 4.78 is 0. The predicted octanol–water partition coefficient (Wildman–Crippen LogP) is 0.824. The number of aryl methyl sites for hydroxylation is 1. The van der Waals surface area contributed by atoms with Crippen LogP contribution in [0.3, 0.4) is 0 Å². The molecule has 2 heterocycles. The molecule has 2 aromatic heterocycles. The number of aromatic amines is 1. The van der Waals surface area contributed by atoms with Gasteiger partial charge in [0.1, 0.15) is 0 Å². The molecule has 0 atom stereocenters. The van der Waals surface area contributed by atoms with Gasteiger partial charge in [0.05, 0.1) is 0 Å². The lowest BCUT2D eigenvalue weighted by Gasteiger charge is -2.00. The van der Waals surface area contributed by atoms with Crippen molar-refractivity contribution < 1.29 is 0 Å². The summed E-state index contributed by atoms with van der Waals surface area (Å²) in [4.78, 5) is 4.04. The van der Waals surface area contributed by atoms with Crippen molar-refractivity contribution in [3.8, 4) is 11.4 Å². The standard InChI is InChI=1S/C8H9N5/c1-2-6-5-9-4-3-7(6)8-10-12-13-11-8/h3-5H,2H2,1H3,(H,10,11,12,13). The molecule has 0 radical (unpaired) electrons. The zero-order valence-corrected chi connectivity index (χ0v) is 7.23. The molecule has 0 saturated carbocycles. The van der Waals surface area contributed by atoms with Gasteiger partial charge in [0.2, 0.25) is 5.82 Å². The smallest absolute Gasteiger partial charge is 0.205 e. The largest absolute Gasteiger partial charge is 0.264 e. The first-order chi connectivity index (χ1) is 6.42. The SMILES string of the molecule is CCc1cnccc1-c1nn[nH]n1. The van der Waals surface area contributed by atoms with Gasteiger partial charge >= 0.3 is 0 Å². The first kappa shape index (κ1) is 7.85. The van der Waals surface area contributed by atoms with Crippen LogP contribution in [0.1, 0.15) is 12.5 Å². The summed E-state index contributed by atoms with van der Waals surface area (Å²) in [7, 11) is 0. The molecule has 66 valence electrons. The number of pyridine rings is 1. The van der Waals surface area contributed by atoms with Gasteiger partial charge in [0, 0.05) is 18.0 Å². The summed E-state index contributed by atoms with van der Waals surface area (Å²) in [6.45, 7) is 2.07. The lowest BCUT2D eigenvalue weighted by Crippen LogP contribution is -1.90. The quantitative estimate of drug-likeness (QED) is 0.733. The van der Waals surface area contributed by atoms with E-state index >= 15 is 0 Å². The van der Waals surface area contributed by atoms with E-state index < -0.39 is 0 Å². The Bertz CT molecular complexity index is 381. The van der Waals surface area contributed by atoms with E-state index in [2.05, 4.69) is 32.5 Å². The molecular weight excluding hydrogens is 166 g/mol. The van der Waals surface area contributed by atoms with Gasteiger partial charge in [-0.3, -0.25) is 4.98 Å². The Morgan fingerprint density at radius 1 is 1.46 bits per heavy atom. The van der Waals surface area contributed by atoms with Crippen LogP contribution in [0.4, 0.5) is 0 Å². The highest BCUT2D eigenvalue weighted by Gasteiger charge is 2.06. The van der Waals surface area contributed by atoms with Crippen LogP contribution >= 0.6 is 0 Å². The zero-order valence-electron chi connectivity index (χ0n) is 7.23. The minimum absolute atomic E-state index is 0.624. The van der Waals surface area contributed by atoms with Crippen molar-refractivity contribution in [1.82, 2.24) is 25.6 Å². The van der Waals surface area contributed by atoms with Crippen LogP contribution in [-0.2, 0) is 6.42 Å². The molecule has 0 fully saturated rings. The maximum absolute atomic E-state index is 4.04. The minimum Gasteiger partial charge on any atom is -0.264 e. The third kappa shape index (κ3) is 1.40. The summed E-state index contributed by atoms with van der Waals surface area (Å²) in [6.07, 6.45) is 4.47. The molecule has 13 heavy (non-hydrogen) atoms.